The lowest BCUT2D eigenvalue weighted by molar-refractivity contribution is 0.0422. The van der Waals surface area contributed by atoms with Gasteiger partial charge in [0.15, 0.2) is 0 Å². The van der Waals surface area contributed by atoms with E-state index in [1.807, 2.05) is 0 Å². The van der Waals surface area contributed by atoms with Crippen LogP contribution >= 0.6 is 0 Å². The second-order valence-electron chi connectivity index (χ2n) is 15.0. The van der Waals surface area contributed by atoms with Crippen molar-refractivity contribution in [2.45, 2.75) is 174 Å². The van der Waals surface area contributed by atoms with Crippen LogP contribution in [0.1, 0.15) is 167 Å². The molecule has 3 aliphatic rings. The molecule has 3 fully saturated rings. The van der Waals surface area contributed by atoms with E-state index in [9.17, 15) is 4.79 Å². The van der Waals surface area contributed by atoms with Gasteiger partial charge in [0.25, 0.3) is 0 Å². The molecule has 41 heavy (non-hydrogen) atoms. The third kappa shape index (κ3) is 16.6. The monoisotopic (exact) mass is 576 g/mol. The molecule has 0 radical (unpaired) electrons. The van der Waals surface area contributed by atoms with E-state index in [0.717, 1.165) is 61.2 Å². The average molecular weight is 576 g/mol. The number of nitrogens with zero attached hydrogens (tertiary/aromatic N) is 1. The average Bonchev–Trinajstić information content (AvgIpc) is 3.86. The molecule has 7 unspecified atom stereocenters. The molecule has 7 atom stereocenters. The van der Waals surface area contributed by atoms with Crippen molar-refractivity contribution in [3.63, 3.8) is 0 Å². The Hall–Kier alpha value is -0.770. The first-order valence-electron chi connectivity index (χ1n) is 18.5. The van der Waals surface area contributed by atoms with E-state index in [4.69, 9.17) is 9.84 Å². The minimum atomic E-state index is -1.09. The van der Waals surface area contributed by atoms with Crippen LogP contribution in [-0.2, 0) is 4.74 Å². The fourth-order valence-electron chi connectivity index (χ4n) is 7.82. The van der Waals surface area contributed by atoms with Crippen molar-refractivity contribution >= 4 is 6.16 Å². The van der Waals surface area contributed by atoms with Crippen molar-refractivity contribution < 1.29 is 14.6 Å². The third-order valence-electron chi connectivity index (χ3n) is 10.9. The van der Waals surface area contributed by atoms with E-state index in [-0.39, 0.29) is 6.10 Å². The van der Waals surface area contributed by atoms with Crippen molar-refractivity contribution in [2.75, 3.05) is 20.6 Å². The fraction of sp³-hybridized carbons (Fsp3) is 0.973. The van der Waals surface area contributed by atoms with Gasteiger partial charge in [-0.05, 0) is 120 Å². The normalized spacial score (nSPS) is 27.2. The summed E-state index contributed by atoms with van der Waals surface area (Å²) in [5.41, 5.74) is 0. The quantitative estimate of drug-likeness (QED) is 0.0744. The Balaban J connectivity index is 1.06. The van der Waals surface area contributed by atoms with Crippen LogP contribution in [0.2, 0.25) is 0 Å². The van der Waals surface area contributed by atoms with Gasteiger partial charge in [0, 0.05) is 0 Å². The van der Waals surface area contributed by atoms with Gasteiger partial charge in [-0.2, -0.15) is 0 Å². The highest BCUT2D eigenvalue weighted by atomic mass is 16.7. The van der Waals surface area contributed by atoms with Crippen molar-refractivity contribution in [3.05, 3.63) is 0 Å². The zero-order chi connectivity index (χ0) is 29.3. The molecule has 0 amide bonds. The van der Waals surface area contributed by atoms with E-state index in [0.29, 0.717) is 0 Å². The number of rotatable bonds is 28. The minimum Gasteiger partial charge on any atom is -0.450 e. The lowest BCUT2D eigenvalue weighted by atomic mass is 10.0. The van der Waals surface area contributed by atoms with Gasteiger partial charge >= 0.3 is 6.16 Å². The molecule has 3 rings (SSSR count). The van der Waals surface area contributed by atoms with Gasteiger partial charge in [-0.15, -0.1) is 0 Å². The Morgan fingerprint density at radius 1 is 0.634 bits per heavy atom. The molecule has 0 aliphatic heterocycles. The summed E-state index contributed by atoms with van der Waals surface area (Å²) in [4.78, 5) is 13.4. The zero-order valence-corrected chi connectivity index (χ0v) is 27.6. The molecular weight excluding hydrogens is 506 g/mol. The van der Waals surface area contributed by atoms with Gasteiger partial charge in [0.2, 0.25) is 0 Å². The summed E-state index contributed by atoms with van der Waals surface area (Å²) in [6.07, 6.45) is 32.2. The van der Waals surface area contributed by atoms with Gasteiger partial charge < -0.3 is 14.7 Å². The molecule has 3 saturated carbocycles. The SMILES string of the molecule is CCC1CC1CC1CC1CC1CC1CCCCCCCC(CCCCCCCCCCCCCN(C)C)OC(=O)O. The summed E-state index contributed by atoms with van der Waals surface area (Å²) < 4.78 is 5.24. The van der Waals surface area contributed by atoms with Crippen molar-refractivity contribution in [3.8, 4) is 0 Å². The number of hydrogen-bond donors (Lipinski definition) is 1. The maximum absolute atomic E-state index is 11.2. The van der Waals surface area contributed by atoms with E-state index < -0.39 is 6.16 Å². The van der Waals surface area contributed by atoms with Crippen molar-refractivity contribution in [1.29, 1.82) is 0 Å². The smallest absolute Gasteiger partial charge is 0.450 e. The summed E-state index contributed by atoms with van der Waals surface area (Å²) in [5, 5.41) is 9.16. The number of carboxylic acid groups (broad SMARTS) is 1. The lowest BCUT2D eigenvalue weighted by Crippen LogP contribution is -2.16. The number of ether oxygens (including phenoxy) is 1. The summed E-state index contributed by atoms with van der Waals surface area (Å²) in [5.74, 6) is 6.55. The van der Waals surface area contributed by atoms with Crippen LogP contribution in [0.4, 0.5) is 4.79 Å². The van der Waals surface area contributed by atoms with Crippen LogP contribution in [0.15, 0.2) is 0 Å². The molecule has 4 nitrogen and oxygen atoms in total. The van der Waals surface area contributed by atoms with Crippen LogP contribution in [0.25, 0.3) is 0 Å². The summed E-state index contributed by atoms with van der Waals surface area (Å²) >= 11 is 0. The van der Waals surface area contributed by atoms with Crippen LogP contribution in [0.5, 0.6) is 0 Å². The zero-order valence-electron chi connectivity index (χ0n) is 27.6. The highest BCUT2D eigenvalue weighted by molar-refractivity contribution is 5.57. The van der Waals surface area contributed by atoms with Crippen molar-refractivity contribution in [2.24, 2.45) is 35.5 Å². The predicted octanol–water partition coefficient (Wildman–Crippen LogP) is 11.1. The molecular formula is C37H69NO3. The van der Waals surface area contributed by atoms with E-state index in [2.05, 4.69) is 25.9 Å². The molecule has 0 spiro atoms. The second-order valence-corrected chi connectivity index (χ2v) is 15.0. The number of hydrogen-bond acceptors (Lipinski definition) is 3. The molecule has 3 aliphatic carbocycles. The summed E-state index contributed by atoms with van der Waals surface area (Å²) in [7, 11) is 4.31. The molecule has 0 aromatic rings. The lowest BCUT2D eigenvalue weighted by Gasteiger charge is -2.16. The Morgan fingerprint density at radius 3 is 1.54 bits per heavy atom. The van der Waals surface area contributed by atoms with Gasteiger partial charge in [0.05, 0.1) is 0 Å². The first-order valence-corrected chi connectivity index (χ1v) is 18.5. The molecule has 0 aromatic carbocycles. The summed E-state index contributed by atoms with van der Waals surface area (Å²) in [6, 6.07) is 0. The largest absolute Gasteiger partial charge is 0.506 e. The molecule has 0 aromatic heterocycles. The highest BCUT2D eigenvalue weighted by Crippen LogP contribution is 2.58. The Labute approximate surface area is 255 Å². The van der Waals surface area contributed by atoms with Crippen LogP contribution in [0, 0.1) is 35.5 Å². The van der Waals surface area contributed by atoms with Crippen LogP contribution < -0.4 is 0 Å². The maximum atomic E-state index is 11.2. The predicted molar refractivity (Wildman–Crippen MR) is 173 cm³/mol. The topological polar surface area (TPSA) is 49.8 Å². The standard InChI is InChI=1S/C37H69NO3/c1-4-30-25-32(30)27-34-29-35(34)28-33-26-31(33)21-17-13-12-15-19-23-36(41-37(39)40)22-18-14-10-8-6-5-7-9-11-16-20-24-38(2)3/h30-36H,4-29H2,1-3H3,(H,39,40). The molecule has 240 valence electrons. The van der Waals surface area contributed by atoms with Gasteiger partial charge in [-0.1, -0.05) is 103 Å². The Bertz CT molecular complexity index is 681. The molecule has 1 N–H and O–H groups in total. The summed E-state index contributed by atoms with van der Waals surface area (Å²) in [6.45, 7) is 3.59. The molecule has 0 saturated heterocycles. The number of unbranched alkanes of at least 4 members (excludes halogenated alkanes) is 14. The highest BCUT2D eigenvalue weighted by Gasteiger charge is 2.48. The maximum Gasteiger partial charge on any atom is 0.506 e. The van der Waals surface area contributed by atoms with Crippen molar-refractivity contribution in [1.82, 2.24) is 4.90 Å². The molecule has 0 heterocycles. The van der Waals surface area contributed by atoms with E-state index >= 15 is 0 Å². The third-order valence-corrected chi connectivity index (χ3v) is 10.9. The van der Waals surface area contributed by atoms with Gasteiger partial charge in [-0.25, -0.2) is 4.79 Å². The second kappa shape index (κ2) is 20.2. The van der Waals surface area contributed by atoms with E-state index in [1.165, 1.54) is 122 Å². The minimum absolute atomic E-state index is 0.0914. The van der Waals surface area contributed by atoms with Gasteiger partial charge in [-0.3, -0.25) is 0 Å². The first-order chi connectivity index (χ1) is 20.0. The van der Waals surface area contributed by atoms with E-state index in [1.54, 1.807) is 19.3 Å². The Kier molecular flexibility index (Phi) is 17.1. The first kappa shape index (κ1) is 34.7. The van der Waals surface area contributed by atoms with Crippen LogP contribution in [0.3, 0.4) is 0 Å². The Morgan fingerprint density at radius 2 is 1.05 bits per heavy atom. The van der Waals surface area contributed by atoms with Gasteiger partial charge in [0.1, 0.15) is 6.10 Å². The number of carbonyl (C=O) groups is 1. The molecule has 4 heteroatoms. The van der Waals surface area contributed by atoms with Crippen LogP contribution in [-0.4, -0.2) is 42.9 Å². The fourth-order valence-corrected chi connectivity index (χ4v) is 7.82. The molecule has 0 bridgehead atoms.